The molecule has 1 aliphatic carbocycles. The Bertz CT molecular complexity index is 2620. The van der Waals surface area contributed by atoms with Crippen LogP contribution in [0.3, 0.4) is 0 Å². The van der Waals surface area contributed by atoms with Crippen molar-refractivity contribution < 1.29 is 0 Å². The minimum Gasteiger partial charge on any atom is -0.309 e. The van der Waals surface area contributed by atoms with Crippen molar-refractivity contribution in [2.45, 2.75) is 6.42 Å². The molecule has 0 atom stereocenters. The molecule has 45 heavy (non-hydrogen) atoms. The lowest BCUT2D eigenvalue weighted by molar-refractivity contribution is 1.07. The van der Waals surface area contributed by atoms with Gasteiger partial charge in [0, 0.05) is 39.0 Å². The van der Waals surface area contributed by atoms with Crippen LogP contribution in [0.1, 0.15) is 11.1 Å². The number of para-hydroxylation sites is 3. The van der Waals surface area contributed by atoms with Crippen molar-refractivity contribution in [3.05, 3.63) is 163 Å². The topological polar surface area (TPSA) is 22.8 Å². The molecule has 0 spiro atoms. The number of aromatic nitrogens is 3. The van der Waals surface area contributed by atoms with Crippen molar-refractivity contribution >= 4 is 43.6 Å². The highest BCUT2D eigenvalue weighted by Gasteiger charge is 2.25. The summed E-state index contributed by atoms with van der Waals surface area (Å²) in [6.45, 7) is 0. The molecule has 9 aromatic rings. The van der Waals surface area contributed by atoms with E-state index in [9.17, 15) is 0 Å². The number of nitrogens with zero attached hydrogens (tertiary/aromatic N) is 3. The van der Waals surface area contributed by atoms with E-state index in [1.54, 1.807) is 0 Å². The van der Waals surface area contributed by atoms with Gasteiger partial charge in [-0.05, 0) is 88.8 Å². The molecule has 0 fully saturated rings. The van der Waals surface area contributed by atoms with Gasteiger partial charge in [0.2, 0.25) is 0 Å². The van der Waals surface area contributed by atoms with Gasteiger partial charge in [0.1, 0.15) is 5.82 Å². The fourth-order valence-electron chi connectivity index (χ4n) is 7.61. The maximum absolute atomic E-state index is 5.02. The molecule has 0 N–H and O–H groups in total. The van der Waals surface area contributed by atoms with E-state index in [0.29, 0.717) is 0 Å². The van der Waals surface area contributed by atoms with Crippen LogP contribution in [0.25, 0.3) is 77.4 Å². The summed E-state index contributed by atoms with van der Waals surface area (Å²) in [4.78, 5) is 5.02. The molecule has 3 nitrogen and oxygen atoms in total. The van der Waals surface area contributed by atoms with Crippen LogP contribution in [0.2, 0.25) is 0 Å². The molecule has 0 amide bonds. The van der Waals surface area contributed by atoms with E-state index in [2.05, 4.69) is 155 Å². The van der Waals surface area contributed by atoms with Crippen molar-refractivity contribution in [2.24, 2.45) is 0 Å². The Labute approximate surface area is 260 Å². The summed E-state index contributed by atoms with van der Waals surface area (Å²) in [6.07, 6.45) is 2.92. The quantitative estimate of drug-likeness (QED) is 0.206. The lowest BCUT2D eigenvalue weighted by Crippen LogP contribution is -2.00. The number of benzene rings is 6. The third-order valence-corrected chi connectivity index (χ3v) is 9.59. The maximum atomic E-state index is 5.02. The smallest absolute Gasteiger partial charge is 0.145 e. The van der Waals surface area contributed by atoms with Crippen LogP contribution in [0.15, 0.2) is 152 Å². The highest BCUT2D eigenvalue weighted by molar-refractivity contribution is 6.13. The second-order valence-electron chi connectivity index (χ2n) is 12.0. The molecule has 0 saturated carbocycles. The summed E-state index contributed by atoms with van der Waals surface area (Å²) in [5, 5.41) is 5.00. The van der Waals surface area contributed by atoms with Gasteiger partial charge in [-0.1, -0.05) is 91.0 Å². The van der Waals surface area contributed by atoms with Gasteiger partial charge < -0.3 is 4.57 Å². The van der Waals surface area contributed by atoms with E-state index < -0.39 is 0 Å². The molecular weight excluding hydrogens is 546 g/mol. The first-order valence-corrected chi connectivity index (χ1v) is 15.5. The van der Waals surface area contributed by atoms with E-state index in [1.165, 1.54) is 82.7 Å². The van der Waals surface area contributed by atoms with Crippen LogP contribution in [-0.2, 0) is 6.42 Å². The van der Waals surface area contributed by atoms with Crippen LogP contribution in [0, 0.1) is 0 Å². The molecule has 10 rings (SSSR count). The average molecular weight is 574 g/mol. The Morgan fingerprint density at radius 1 is 0.444 bits per heavy atom. The largest absolute Gasteiger partial charge is 0.309 e. The Kier molecular flexibility index (Phi) is 5.06. The van der Waals surface area contributed by atoms with E-state index in [4.69, 9.17) is 4.98 Å². The van der Waals surface area contributed by atoms with Gasteiger partial charge in [0.15, 0.2) is 0 Å². The van der Waals surface area contributed by atoms with Gasteiger partial charge in [0.05, 0.1) is 22.1 Å². The van der Waals surface area contributed by atoms with Crippen LogP contribution in [0.4, 0.5) is 0 Å². The zero-order chi connectivity index (χ0) is 29.5. The molecule has 0 bridgehead atoms. The van der Waals surface area contributed by atoms with Crippen molar-refractivity contribution in [3.63, 3.8) is 0 Å². The van der Waals surface area contributed by atoms with Crippen molar-refractivity contribution in [3.8, 4) is 33.8 Å². The molecule has 0 aliphatic heterocycles. The molecule has 3 heterocycles. The van der Waals surface area contributed by atoms with Crippen LogP contribution in [0.5, 0.6) is 0 Å². The fourth-order valence-corrected chi connectivity index (χ4v) is 7.61. The predicted molar refractivity (Wildman–Crippen MR) is 187 cm³/mol. The Hall–Kier alpha value is -5.93. The lowest BCUT2D eigenvalue weighted by Gasteiger charge is -2.13. The molecule has 1 aliphatic rings. The normalized spacial score (nSPS) is 12.4. The molecule has 0 unspecified atom stereocenters. The number of hydrogen-bond acceptors (Lipinski definition) is 1. The minimum absolute atomic E-state index is 0.950. The Morgan fingerprint density at radius 3 is 1.76 bits per heavy atom. The second kappa shape index (κ2) is 9.28. The third-order valence-electron chi connectivity index (χ3n) is 9.59. The van der Waals surface area contributed by atoms with Gasteiger partial charge in [-0.2, -0.15) is 0 Å². The van der Waals surface area contributed by atoms with E-state index in [0.717, 1.165) is 12.2 Å². The van der Waals surface area contributed by atoms with Crippen LogP contribution in [-0.4, -0.2) is 14.1 Å². The zero-order valence-corrected chi connectivity index (χ0v) is 24.5. The summed E-state index contributed by atoms with van der Waals surface area (Å²) >= 11 is 0. The number of rotatable bonds is 3. The molecule has 0 saturated heterocycles. The monoisotopic (exact) mass is 573 g/mol. The molecule has 3 heteroatoms. The van der Waals surface area contributed by atoms with E-state index in [1.807, 2.05) is 6.20 Å². The highest BCUT2D eigenvalue weighted by atomic mass is 15.1. The Balaban J connectivity index is 1.19. The van der Waals surface area contributed by atoms with Crippen LogP contribution >= 0.6 is 0 Å². The predicted octanol–water partition coefficient (Wildman–Crippen LogP) is 10.5. The highest BCUT2D eigenvalue weighted by Crippen LogP contribution is 2.43. The number of fused-ring (bicyclic) bond motifs is 9. The summed E-state index contributed by atoms with van der Waals surface area (Å²) in [7, 11) is 0. The maximum Gasteiger partial charge on any atom is 0.145 e. The molecule has 6 aromatic carbocycles. The molecule has 0 radical (unpaired) electrons. The lowest BCUT2D eigenvalue weighted by atomic mass is 10.0. The molecular formula is C42H27N3. The summed E-state index contributed by atoms with van der Waals surface area (Å²) in [5.41, 5.74) is 13.6. The number of hydrogen-bond donors (Lipinski definition) is 0. The van der Waals surface area contributed by atoms with E-state index >= 15 is 0 Å². The zero-order valence-electron chi connectivity index (χ0n) is 24.5. The summed E-state index contributed by atoms with van der Waals surface area (Å²) in [5.74, 6) is 1.01. The SMILES string of the molecule is c1ccc(-n2c3ccccc3c3cc(-c4ccc5c(c4)c4ccccc4n5-c4nccc5c4-c4ccccc4C5)ccc32)cc1. The van der Waals surface area contributed by atoms with E-state index in [-0.39, 0.29) is 0 Å². The fraction of sp³-hybridized carbons (Fsp3) is 0.0238. The average Bonchev–Trinajstić information content (AvgIpc) is 3.76. The van der Waals surface area contributed by atoms with Crippen molar-refractivity contribution in [1.29, 1.82) is 0 Å². The Morgan fingerprint density at radius 2 is 1.02 bits per heavy atom. The van der Waals surface area contributed by atoms with Crippen LogP contribution < -0.4 is 0 Å². The number of pyridine rings is 1. The van der Waals surface area contributed by atoms with Gasteiger partial charge in [-0.15, -0.1) is 0 Å². The minimum atomic E-state index is 0.950. The van der Waals surface area contributed by atoms with Gasteiger partial charge in [-0.3, -0.25) is 4.57 Å². The standard InChI is InChI=1S/C42H27N3/c1-2-11-31(12-3-1)44-37-16-8-6-14-33(37)35-25-27(18-20-39(35)44)28-19-21-40-36(26-28)34-15-7-9-17-38(34)45(40)42-41-30(22-23-43-42)24-29-10-4-5-13-32(29)41/h1-23,25-26H,24H2. The second-order valence-corrected chi connectivity index (χ2v) is 12.0. The van der Waals surface area contributed by atoms with Gasteiger partial charge in [0.25, 0.3) is 0 Å². The first-order chi connectivity index (χ1) is 22.3. The van der Waals surface area contributed by atoms with Gasteiger partial charge >= 0.3 is 0 Å². The molecule has 210 valence electrons. The van der Waals surface area contributed by atoms with Gasteiger partial charge in [-0.25, -0.2) is 4.98 Å². The summed E-state index contributed by atoms with van der Waals surface area (Å²) in [6, 6.07) is 52.8. The van der Waals surface area contributed by atoms with Crippen molar-refractivity contribution in [2.75, 3.05) is 0 Å². The first-order valence-electron chi connectivity index (χ1n) is 15.5. The first kappa shape index (κ1) is 24.5. The summed E-state index contributed by atoms with van der Waals surface area (Å²) < 4.78 is 4.74. The van der Waals surface area contributed by atoms with Crippen molar-refractivity contribution in [1.82, 2.24) is 14.1 Å². The third kappa shape index (κ3) is 3.49. The molecule has 3 aromatic heterocycles.